The lowest BCUT2D eigenvalue weighted by atomic mass is 10.1. The molecule has 0 aliphatic rings. The summed E-state index contributed by atoms with van der Waals surface area (Å²) in [5.41, 5.74) is 3.72. The van der Waals surface area contributed by atoms with E-state index in [1.54, 1.807) is 24.3 Å². The van der Waals surface area contributed by atoms with E-state index in [0.29, 0.717) is 11.4 Å². The van der Waals surface area contributed by atoms with Crippen LogP contribution in [0.2, 0.25) is 0 Å². The molecule has 5 nitrogen and oxygen atoms in total. The molecule has 0 bridgehead atoms. The molecule has 3 aromatic carbocycles. The molecule has 29 heavy (non-hydrogen) atoms. The normalized spacial score (nSPS) is 11.1. The van der Waals surface area contributed by atoms with Crippen molar-refractivity contribution in [3.63, 3.8) is 0 Å². The molecule has 1 amide bonds. The van der Waals surface area contributed by atoms with E-state index < -0.39 is 10.0 Å². The number of rotatable bonds is 6. The highest BCUT2D eigenvalue weighted by Crippen LogP contribution is 2.23. The van der Waals surface area contributed by atoms with Crippen LogP contribution in [0.25, 0.3) is 0 Å². The number of hydrogen-bond acceptors (Lipinski definition) is 3. The first-order valence-electron chi connectivity index (χ1n) is 9.37. The summed E-state index contributed by atoms with van der Waals surface area (Å²) in [5.74, 6) is -0.357. The molecule has 0 fully saturated rings. The first-order chi connectivity index (χ1) is 13.8. The topological polar surface area (TPSA) is 66.5 Å². The second-order valence-corrected chi connectivity index (χ2v) is 8.81. The quantitative estimate of drug-likeness (QED) is 0.646. The SMILES string of the molecule is CCc1ccc(NC(=O)c2cccc(S(=O)(=O)N(C)c3ccc(C)cc3)c2)cc1. The smallest absolute Gasteiger partial charge is 0.264 e. The molecule has 0 aromatic heterocycles. The van der Waals surface area contributed by atoms with Gasteiger partial charge in [0, 0.05) is 18.3 Å². The van der Waals surface area contributed by atoms with Gasteiger partial charge in [-0.2, -0.15) is 0 Å². The van der Waals surface area contributed by atoms with Gasteiger partial charge in [-0.3, -0.25) is 9.10 Å². The van der Waals surface area contributed by atoms with Gasteiger partial charge in [0.2, 0.25) is 0 Å². The van der Waals surface area contributed by atoms with Gasteiger partial charge in [-0.05, 0) is 61.4 Å². The van der Waals surface area contributed by atoms with Crippen molar-refractivity contribution in [1.82, 2.24) is 0 Å². The van der Waals surface area contributed by atoms with Gasteiger partial charge in [-0.1, -0.05) is 42.8 Å². The number of aryl methyl sites for hydroxylation is 2. The van der Waals surface area contributed by atoms with Gasteiger partial charge in [0.05, 0.1) is 10.6 Å². The fraction of sp³-hybridized carbons (Fsp3) is 0.174. The van der Waals surface area contributed by atoms with E-state index in [-0.39, 0.29) is 16.4 Å². The van der Waals surface area contributed by atoms with Crippen molar-refractivity contribution in [2.45, 2.75) is 25.2 Å². The van der Waals surface area contributed by atoms with Crippen molar-refractivity contribution in [3.8, 4) is 0 Å². The van der Waals surface area contributed by atoms with Crippen LogP contribution in [0, 0.1) is 6.92 Å². The Hall–Kier alpha value is -3.12. The average molecular weight is 409 g/mol. The van der Waals surface area contributed by atoms with Gasteiger partial charge in [-0.15, -0.1) is 0 Å². The summed E-state index contributed by atoms with van der Waals surface area (Å²) < 4.78 is 27.2. The van der Waals surface area contributed by atoms with Gasteiger partial charge in [0.25, 0.3) is 15.9 Å². The van der Waals surface area contributed by atoms with Crippen LogP contribution in [0.3, 0.4) is 0 Å². The van der Waals surface area contributed by atoms with E-state index in [4.69, 9.17) is 0 Å². The summed E-state index contributed by atoms with van der Waals surface area (Å²) in [7, 11) is -2.29. The van der Waals surface area contributed by atoms with Crippen LogP contribution >= 0.6 is 0 Å². The Morgan fingerprint density at radius 1 is 0.966 bits per heavy atom. The molecule has 0 heterocycles. The lowest BCUT2D eigenvalue weighted by molar-refractivity contribution is 0.102. The lowest BCUT2D eigenvalue weighted by Gasteiger charge is -2.20. The molecule has 3 aromatic rings. The Bertz CT molecular complexity index is 1110. The largest absolute Gasteiger partial charge is 0.322 e. The minimum Gasteiger partial charge on any atom is -0.322 e. The van der Waals surface area contributed by atoms with Gasteiger partial charge in [-0.25, -0.2) is 8.42 Å². The van der Waals surface area contributed by atoms with Gasteiger partial charge in [0.1, 0.15) is 0 Å². The van der Waals surface area contributed by atoms with Crippen LogP contribution in [-0.2, 0) is 16.4 Å². The Labute approximate surface area is 172 Å². The molecule has 150 valence electrons. The second kappa shape index (κ2) is 8.49. The Morgan fingerprint density at radius 3 is 2.24 bits per heavy atom. The number of sulfonamides is 1. The van der Waals surface area contributed by atoms with Crippen molar-refractivity contribution in [2.75, 3.05) is 16.7 Å². The molecule has 3 rings (SSSR count). The standard InChI is InChI=1S/C23H24N2O3S/c1-4-18-10-12-20(13-11-18)24-23(26)19-6-5-7-22(16-19)29(27,28)25(3)21-14-8-17(2)9-15-21/h5-16H,4H2,1-3H3,(H,24,26). The molecule has 6 heteroatoms. The molecule has 0 atom stereocenters. The summed E-state index contributed by atoms with van der Waals surface area (Å²) in [6.07, 6.45) is 0.919. The van der Waals surface area contributed by atoms with Crippen LogP contribution < -0.4 is 9.62 Å². The fourth-order valence-corrected chi connectivity index (χ4v) is 4.12. The number of amides is 1. The summed E-state index contributed by atoms with van der Waals surface area (Å²) in [6, 6.07) is 20.9. The number of nitrogens with zero attached hydrogens (tertiary/aromatic N) is 1. The highest BCUT2D eigenvalue weighted by atomic mass is 32.2. The monoisotopic (exact) mass is 408 g/mol. The Morgan fingerprint density at radius 2 is 1.62 bits per heavy atom. The molecule has 0 radical (unpaired) electrons. The maximum atomic E-state index is 13.0. The molecule has 0 aliphatic carbocycles. The zero-order chi connectivity index (χ0) is 21.0. The molecular weight excluding hydrogens is 384 g/mol. The predicted molar refractivity (Wildman–Crippen MR) is 117 cm³/mol. The summed E-state index contributed by atoms with van der Waals surface area (Å²) in [4.78, 5) is 12.7. The maximum Gasteiger partial charge on any atom is 0.264 e. The van der Waals surface area contributed by atoms with Crippen LogP contribution in [0.4, 0.5) is 11.4 Å². The maximum absolute atomic E-state index is 13.0. The predicted octanol–water partition coefficient (Wildman–Crippen LogP) is 4.63. The van der Waals surface area contributed by atoms with Crippen molar-refractivity contribution >= 4 is 27.3 Å². The van der Waals surface area contributed by atoms with Crippen LogP contribution in [0.1, 0.15) is 28.4 Å². The number of benzene rings is 3. The number of carbonyl (C=O) groups excluding carboxylic acids is 1. The summed E-state index contributed by atoms with van der Waals surface area (Å²) in [5, 5.41) is 2.81. The minimum absolute atomic E-state index is 0.0644. The van der Waals surface area contributed by atoms with Gasteiger partial charge >= 0.3 is 0 Å². The lowest BCUT2D eigenvalue weighted by Crippen LogP contribution is -2.26. The highest BCUT2D eigenvalue weighted by molar-refractivity contribution is 7.92. The number of carbonyl (C=O) groups is 1. The van der Waals surface area contributed by atoms with Crippen LogP contribution in [0.5, 0.6) is 0 Å². The van der Waals surface area contributed by atoms with Crippen molar-refractivity contribution < 1.29 is 13.2 Å². The highest BCUT2D eigenvalue weighted by Gasteiger charge is 2.22. The second-order valence-electron chi connectivity index (χ2n) is 6.84. The minimum atomic E-state index is -3.79. The van der Waals surface area contributed by atoms with E-state index in [1.165, 1.54) is 29.0 Å². The van der Waals surface area contributed by atoms with Crippen LogP contribution in [0.15, 0.2) is 77.7 Å². The number of anilines is 2. The molecule has 1 N–H and O–H groups in total. The van der Waals surface area contributed by atoms with Gasteiger partial charge in [0.15, 0.2) is 0 Å². The fourth-order valence-electron chi connectivity index (χ4n) is 2.88. The van der Waals surface area contributed by atoms with E-state index in [0.717, 1.165) is 12.0 Å². The third-order valence-corrected chi connectivity index (χ3v) is 6.55. The zero-order valence-corrected chi connectivity index (χ0v) is 17.5. The third kappa shape index (κ3) is 4.66. The van der Waals surface area contributed by atoms with Gasteiger partial charge < -0.3 is 5.32 Å². The van der Waals surface area contributed by atoms with E-state index in [1.807, 2.05) is 43.3 Å². The van der Waals surface area contributed by atoms with E-state index >= 15 is 0 Å². The van der Waals surface area contributed by atoms with Crippen molar-refractivity contribution in [2.24, 2.45) is 0 Å². The van der Waals surface area contributed by atoms with Crippen LogP contribution in [-0.4, -0.2) is 21.4 Å². The Balaban J connectivity index is 1.83. The number of nitrogens with one attached hydrogen (secondary N) is 1. The number of hydrogen-bond donors (Lipinski definition) is 1. The molecule has 0 saturated heterocycles. The molecule has 0 aliphatic heterocycles. The molecular formula is C23H24N2O3S. The summed E-state index contributed by atoms with van der Waals surface area (Å²) >= 11 is 0. The first-order valence-corrected chi connectivity index (χ1v) is 10.8. The van der Waals surface area contributed by atoms with Crippen molar-refractivity contribution in [3.05, 3.63) is 89.5 Å². The van der Waals surface area contributed by atoms with E-state index in [2.05, 4.69) is 12.2 Å². The third-order valence-electron chi connectivity index (χ3n) is 4.77. The molecule has 0 spiro atoms. The Kier molecular flexibility index (Phi) is 6.03. The zero-order valence-electron chi connectivity index (χ0n) is 16.7. The molecule has 0 saturated carbocycles. The summed E-state index contributed by atoms with van der Waals surface area (Å²) in [6.45, 7) is 4.00. The molecule has 0 unspecified atom stereocenters. The first kappa shape index (κ1) is 20.6. The average Bonchev–Trinajstić information content (AvgIpc) is 2.74. The van der Waals surface area contributed by atoms with Crippen molar-refractivity contribution in [1.29, 1.82) is 0 Å². The van der Waals surface area contributed by atoms with E-state index in [9.17, 15) is 13.2 Å².